The van der Waals surface area contributed by atoms with Gasteiger partial charge in [0.2, 0.25) is 6.79 Å². The van der Waals surface area contributed by atoms with Crippen molar-refractivity contribution in [3.63, 3.8) is 0 Å². The van der Waals surface area contributed by atoms with Crippen LogP contribution in [0.15, 0.2) is 18.2 Å². The summed E-state index contributed by atoms with van der Waals surface area (Å²) in [7, 11) is 0. The van der Waals surface area contributed by atoms with E-state index in [1.54, 1.807) is 0 Å². The first-order valence-electron chi connectivity index (χ1n) is 7.45. The first-order chi connectivity index (χ1) is 9.33. The van der Waals surface area contributed by atoms with Crippen LogP contribution in [0.1, 0.15) is 45.1 Å². The van der Waals surface area contributed by atoms with Gasteiger partial charge in [0, 0.05) is 6.04 Å². The Morgan fingerprint density at radius 2 is 1.95 bits per heavy atom. The lowest BCUT2D eigenvalue weighted by Gasteiger charge is -2.18. The summed E-state index contributed by atoms with van der Waals surface area (Å²) in [5.74, 6) is 1.76. The zero-order chi connectivity index (χ0) is 13.5. The second-order valence-corrected chi connectivity index (χ2v) is 5.19. The van der Waals surface area contributed by atoms with Gasteiger partial charge in [-0.25, -0.2) is 0 Å². The summed E-state index contributed by atoms with van der Waals surface area (Å²) in [6.07, 6.45) is 6.00. The van der Waals surface area contributed by atoms with Crippen molar-refractivity contribution in [3.8, 4) is 11.5 Å². The minimum absolute atomic E-state index is 0. The van der Waals surface area contributed by atoms with Crippen molar-refractivity contribution in [2.75, 3.05) is 13.3 Å². The van der Waals surface area contributed by atoms with Crippen molar-refractivity contribution >= 4 is 12.4 Å². The van der Waals surface area contributed by atoms with E-state index in [0.717, 1.165) is 24.5 Å². The van der Waals surface area contributed by atoms with E-state index in [-0.39, 0.29) is 12.4 Å². The van der Waals surface area contributed by atoms with Crippen LogP contribution in [-0.4, -0.2) is 19.4 Å². The number of hydrogen-bond donors (Lipinski definition) is 1. The van der Waals surface area contributed by atoms with Gasteiger partial charge in [-0.15, -0.1) is 12.4 Å². The SMILES string of the molecule is CCCCNC(CCC)Cc1ccc2c(c1)OCO2.Cl. The Balaban J connectivity index is 0.00000200. The number of halogens is 1. The summed E-state index contributed by atoms with van der Waals surface area (Å²) < 4.78 is 10.8. The van der Waals surface area contributed by atoms with E-state index in [1.807, 2.05) is 6.07 Å². The van der Waals surface area contributed by atoms with Crippen LogP contribution in [0.3, 0.4) is 0 Å². The molecule has 1 N–H and O–H groups in total. The Morgan fingerprint density at radius 1 is 1.15 bits per heavy atom. The highest BCUT2D eigenvalue weighted by Gasteiger charge is 2.15. The van der Waals surface area contributed by atoms with E-state index in [2.05, 4.69) is 31.3 Å². The van der Waals surface area contributed by atoms with E-state index >= 15 is 0 Å². The fraction of sp³-hybridized carbons (Fsp3) is 0.625. The maximum absolute atomic E-state index is 5.44. The van der Waals surface area contributed by atoms with Crippen molar-refractivity contribution in [2.45, 2.75) is 52.0 Å². The molecule has 20 heavy (non-hydrogen) atoms. The topological polar surface area (TPSA) is 30.5 Å². The molecule has 0 amide bonds. The van der Waals surface area contributed by atoms with E-state index in [9.17, 15) is 0 Å². The second kappa shape index (κ2) is 9.09. The summed E-state index contributed by atoms with van der Waals surface area (Å²) in [6.45, 7) is 5.94. The van der Waals surface area contributed by atoms with Gasteiger partial charge in [0.1, 0.15) is 0 Å². The lowest BCUT2D eigenvalue weighted by Crippen LogP contribution is -2.31. The molecule has 1 unspecified atom stereocenters. The molecular weight excluding hydrogens is 274 g/mol. The van der Waals surface area contributed by atoms with Crippen LogP contribution >= 0.6 is 12.4 Å². The van der Waals surface area contributed by atoms with Crippen LogP contribution in [0.5, 0.6) is 11.5 Å². The largest absolute Gasteiger partial charge is 0.454 e. The number of unbranched alkanes of at least 4 members (excludes halogenated alkanes) is 1. The smallest absolute Gasteiger partial charge is 0.231 e. The summed E-state index contributed by atoms with van der Waals surface area (Å²) in [6, 6.07) is 6.86. The first-order valence-corrected chi connectivity index (χ1v) is 7.45. The number of nitrogens with one attached hydrogen (secondary N) is 1. The third-order valence-electron chi connectivity index (χ3n) is 3.52. The third-order valence-corrected chi connectivity index (χ3v) is 3.52. The second-order valence-electron chi connectivity index (χ2n) is 5.19. The maximum Gasteiger partial charge on any atom is 0.231 e. The van der Waals surface area contributed by atoms with Crippen molar-refractivity contribution in [3.05, 3.63) is 23.8 Å². The highest BCUT2D eigenvalue weighted by molar-refractivity contribution is 5.85. The molecule has 0 aromatic heterocycles. The normalized spacial score (nSPS) is 13.9. The highest BCUT2D eigenvalue weighted by atomic mass is 35.5. The number of rotatable bonds is 8. The van der Waals surface area contributed by atoms with Crippen molar-refractivity contribution in [1.29, 1.82) is 0 Å². The molecule has 0 fully saturated rings. The molecule has 0 aliphatic carbocycles. The van der Waals surface area contributed by atoms with Gasteiger partial charge in [0.05, 0.1) is 0 Å². The molecule has 2 rings (SSSR count). The summed E-state index contributed by atoms with van der Waals surface area (Å²) in [4.78, 5) is 0. The van der Waals surface area contributed by atoms with Crippen LogP contribution in [-0.2, 0) is 6.42 Å². The van der Waals surface area contributed by atoms with Crippen molar-refractivity contribution < 1.29 is 9.47 Å². The zero-order valence-corrected chi connectivity index (χ0v) is 13.3. The van der Waals surface area contributed by atoms with Crippen LogP contribution in [0, 0.1) is 0 Å². The van der Waals surface area contributed by atoms with E-state index in [0.29, 0.717) is 12.8 Å². The monoisotopic (exact) mass is 299 g/mol. The molecule has 1 atom stereocenters. The molecule has 0 saturated heterocycles. The van der Waals surface area contributed by atoms with Gasteiger partial charge in [-0.3, -0.25) is 0 Å². The maximum atomic E-state index is 5.44. The van der Waals surface area contributed by atoms with Gasteiger partial charge in [0.15, 0.2) is 11.5 Å². The third kappa shape index (κ3) is 4.88. The van der Waals surface area contributed by atoms with Crippen LogP contribution in [0.25, 0.3) is 0 Å². The first kappa shape index (κ1) is 17.1. The van der Waals surface area contributed by atoms with Crippen LogP contribution in [0.2, 0.25) is 0 Å². The molecule has 1 aromatic carbocycles. The molecule has 1 heterocycles. The summed E-state index contributed by atoms with van der Waals surface area (Å²) in [5, 5.41) is 3.67. The average Bonchev–Trinajstić information content (AvgIpc) is 2.86. The highest BCUT2D eigenvalue weighted by Crippen LogP contribution is 2.32. The Morgan fingerprint density at radius 3 is 2.70 bits per heavy atom. The lowest BCUT2D eigenvalue weighted by molar-refractivity contribution is 0.174. The van der Waals surface area contributed by atoms with E-state index in [1.165, 1.54) is 31.2 Å². The van der Waals surface area contributed by atoms with Crippen molar-refractivity contribution in [1.82, 2.24) is 5.32 Å². The predicted octanol–water partition coefficient (Wildman–Crippen LogP) is 3.94. The fourth-order valence-corrected chi connectivity index (χ4v) is 2.46. The van der Waals surface area contributed by atoms with Gasteiger partial charge in [-0.2, -0.15) is 0 Å². The Hall–Kier alpha value is -0.930. The standard InChI is InChI=1S/C16H25NO2.ClH/c1-3-5-9-17-14(6-4-2)10-13-7-8-15-16(11-13)19-12-18-15;/h7-8,11,14,17H,3-6,9-10,12H2,1-2H3;1H. The Labute approximate surface area is 128 Å². The van der Waals surface area contributed by atoms with E-state index < -0.39 is 0 Å². The van der Waals surface area contributed by atoms with Crippen LogP contribution in [0.4, 0.5) is 0 Å². The molecule has 114 valence electrons. The Kier molecular flexibility index (Phi) is 7.78. The van der Waals surface area contributed by atoms with Crippen molar-refractivity contribution in [2.24, 2.45) is 0 Å². The van der Waals surface area contributed by atoms with Gasteiger partial charge in [-0.1, -0.05) is 32.8 Å². The quantitative estimate of drug-likeness (QED) is 0.738. The molecule has 4 heteroatoms. The number of fused-ring (bicyclic) bond motifs is 1. The molecular formula is C16H26ClNO2. The molecule has 1 aliphatic rings. The van der Waals surface area contributed by atoms with Gasteiger partial charge >= 0.3 is 0 Å². The molecule has 1 aliphatic heterocycles. The fourth-order valence-electron chi connectivity index (χ4n) is 2.46. The van der Waals surface area contributed by atoms with E-state index in [4.69, 9.17) is 9.47 Å². The number of hydrogen-bond acceptors (Lipinski definition) is 3. The predicted molar refractivity (Wildman–Crippen MR) is 85.1 cm³/mol. The number of benzene rings is 1. The molecule has 3 nitrogen and oxygen atoms in total. The van der Waals surface area contributed by atoms with Gasteiger partial charge < -0.3 is 14.8 Å². The zero-order valence-electron chi connectivity index (χ0n) is 12.5. The average molecular weight is 300 g/mol. The summed E-state index contributed by atoms with van der Waals surface area (Å²) >= 11 is 0. The molecule has 0 spiro atoms. The minimum Gasteiger partial charge on any atom is -0.454 e. The van der Waals surface area contributed by atoms with Gasteiger partial charge in [-0.05, 0) is 43.5 Å². The Bertz CT molecular complexity index is 398. The number of ether oxygens (including phenoxy) is 2. The summed E-state index contributed by atoms with van der Waals surface area (Å²) in [5.41, 5.74) is 1.33. The van der Waals surface area contributed by atoms with Gasteiger partial charge in [0.25, 0.3) is 0 Å². The molecule has 0 saturated carbocycles. The molecule has 0 radical (unpaired) electrons. The molecule has 1 aromatic rings. The minimum atomic E-state index is 0. The lowest BCUT2D eigenvalue weighted by atomic mass is 10.0. The van der Waals surface area contributed by atoms with Crippen LogP contribution < -0.4 is 14.8 Å². The molecule has 0 bridgehead atoms.